The van der Waals surface area contributed by atoms with Crippen molar-refractivity contribution in [1.29, 1.82) is 0 Å². The summed E-state index contributed by atoms with van der Waals surface area (Å²) in [7, 11) is -3.85. The van der Waals surface area contributed by atoms with Crippen molar-refractivity contribution in [2.75, 3.05) is 6.61 Å². The molecule has 7 heteroatoms. The van der Waals surface area contributed by atoms with Crippen molar-refractivity contribution in [2.45, 2.75) is 0 Å². The van der Waals surface area contributed by atoms with Crippen LogP contribution < -0.4 is 15.1 Å². The molecule has 160 valence electrons. The van der Waals surface area contributed by atoms with E-state index >= 15 is 0 Å². The molecule has 0 aliphatic carbocycles. The van der Waals surface area contributed by atoms with Crippen LogP contribution in [0.4, 0.5) is 0 Å². The highest BCUT2D eigenvalue weighted by atomic mass is 32.5. The molecule has 0 aromatic heterocycles. The van der Waals surface area contributed by atoms with Crippen LogP contribution in [-0.2, 0) is 25.2 Å². The van der Waals surface area contributed by atoms with E-state index in [0.717, 1.165) is 22.3 Å². The lowest BCUT2D eigenvalue weighted by Gasteiger charge is -2.32. The molecule has 2 atom stereocenters. The Morgan fingerprint density at radius 1 is 0.844 bits per heavy atom. The first-order valence-electron chi connectivity index (χ1n) is 10.1. The molecule has 0 spiro atoms. The molecule has 2 aliphatic rings. The molecule has 0 saturated heterocycles. The van der Waals surface area contributed by atoms with Gasteiger partial charge in [-0.3, -0.25) is 0 Å². The number of benzene rings is 3. The van der Waals surface area contributed by atoms with Crippen LogP contribution in [0.2, 0.25) is 0 Å². The SMILES string of the molecule is C=C1C=CC=CCOP(=S)(OP2(=O)Oc3ccccc3-c3ccccc32)c2ccccc21. The third kappa shape index (κ3) is 3.77. The van der Waals surface area contributed by atoms with Crippen molar-refractivity contribution in [3.63, 3.8) is 0 Å². The van der Waals surface area contributed by atoms with E-state index in [0.29, 0.717) is 16.4 Å². The summed E-state index contributed by atoms with van der Waals surface area (Å²) < 4.78 is 32.8. The maximum absolute atomic E-state index is 14.3. The molecule has 2 aliphatic heterocycles. The second-order valence-corrected chi connectivity index (χ2v) is 12.8. The summed E-state index contributed by atoms with van der Waals surface area (Å²) >= 11 is 6.01. The molecule has 3 aromatic rings. The molecule has 32 heavy (non-hydrogen) atoms. The van der Waals surface area contributed by atoms with E-state index in [4.69, 9.17) is 25.2 Å². The van der Waals surface area contributed by atoms with Gasteiger partial charge in [0.2, 0.25) is 6.49 Å². The largest absolute Gasteiger partial charge is 0.420 e. The van der Waals surface area contributed by atoms with Crippen molar-refractivity contribution in [2.24, 2.45) is 0 Å². The zero-order chi connectivity index (χ0) is 22.2. The number of fused-ring (bicyclic) bond motifs is 4. The van der Waals surface area contributed by atoms with Crippen molar-refractivity contribution in [1.82, 2.24) is 0 Å². The topological polar surface area (TPSA) is 44.8 Å². The quantitative estimate of drug-likeness (QED) is 0.401. The Labute approximate surface area is 192 Å². The van der Waals surface area contributed by atoms with Gasteiger partial charge in [-0.15, -0.1) is 0 Å². The van der Waals surface area contributed by atoms with E-state index in [1.54, 1.807) is 12.1 Å². The zero-order valence-electron chi connectivity index (χ0n) is 17.1. The maximum Gasteiger partial charge on any atom is 0.417 e. The van der Waals surface area contributed by atoms with E-state index in [1.165, 1.54) is 0 Å². The van der Waals surface area contributed by atoms with Crippen LogP contribution in [0.5, 0.6) is 5.75 Å². The Bertz CT molecular complexity index is 1380. The molecule has 0 bridgehead atoms. The highest BCUT2D eigenvalue weighted by molar-refractivity contribution is 8.15. The predicted octanol–water partition coefficient (Wildman–Crippen LogP) is 6.37. The van der Waals surface area contributed by atoms with Gasteiger partial charge in [-0.2, -0.15) is 0 Å². The minimum Gasteiger partial charge on any atom is -0.420 e. The summed E-state index contributed by atoms with van der Waals surface area (Å²) in [5.41, 5.74) is 3.24. The molecule has 0 radical (unpaired) electrons. The first kappa shape index (κ1) is 21.3. The second-order valence-electron chi connectivity index (χ2n) is 7.31. The Balaban J connectivity index is 1.66. The lowest BCUT2D eigenvalue weighted by Crippen LogP contribution is -2.22. The fraction of sp³-hybridized carbons (Fsp3) is 0.0400. The van der Waals surface area contributed by atoms with Gasteiger partial charge in [-0.25, -0.2) is 8.88 Å². The van der Waals surface area contributed by atoms with E-state index in [2.05, 4.69) is 6.58 Å². The van der Waals surface area contributed by atoms with Crippen molar-refractivity contribution in [3.05, 3.63) is 109 Å². The first-order valence-corrected chi connectivity index (χ1v) is 14.2. The van der Waals surface area contributed by atoms with Gasteiger partial charge in [0.15, 0.2) is 0 Å². The maximum atomic E-state index is 14.3. The van der Waals surface area contributed by atoms with Gasteiger partial charge >= 0.3 is 7.60 Å². The summed E-state index contributed by atoms with van der Waals surface area (Å²) in [4.78, 5) is 0. The minimum atomic E-state index is -3.85. The molecule has 3 aromatic carbocycles. The lowest BCUT2D eigenvalue weighted by atomic mass is 10.0. The molecular weight excluding hydrogens is 458 g/mol. The molecule has 0 saturated carbocycles. The van der Waals surface area contributed by atoms with Gasteiger partial charge < -0.3 is 9.05 Å². The van der Waals surface area contributed by atoms with E-state index in [-0.39, 0.29) is 6.61 Å². The molecule has 2 heterocycles. The monoisotopic (exact) mass is 478 g/mol. The standard InChI is InChI=1S/C25H20O4P2S/c1-19-11-3-2-10-18-27-31(32,25-17-9-5-12-20(19)25)29-30(26)24-16-8-6-14-22(24)21-13-4-7-15-23(21)28-30/h2-17H,1,18H2. The van der Waals surface area contributed by atoms with Crippen molar-refractivity contribution in [3.8, 4) is 16.9 Å². The number of hydrogen-bond donors (Lipinski definition) is 0. The molecule has 0 fully saturated rings. The normalized spacial score (nSPS) is 24.1. The van der Waals surface area contributed by atoms with Crippen molar-refractivity contribution < 1.29 is 17.9 Å². The highest BCUT2D eigenvalue weighted by Crippen LogP contribution is 2.66. The number of para-hydroxylation sites is 1. The predicted molar refractivity (Wildman–Crippen MR) is 134 cm³/mol. The fourth-order valence-corrected chi connectivity index (χ4v) is 9.83. The summed E-state index contributed by atoms with van der Waals surface area (Å²) in [5.74, 6) is 0.498. The van der Waals surface area contributed by atoms with Crippen LogP contribution in [0, 0.1) is 0 Å². The summed E-state index contributed by atoms with van der Waals surface area (Å²) in [6.45, 7) is 1.13. The van der Waals surface area contributed by atoms with E-state index in [9.17, 15) is 4.57 Å². The Hall–Kier alpha value is -2.52. The molecule has 0 N–H and O–H groups in total. The van der Waals surface area contributed by atoms with Crippen LogP contribution in [0.1, 0.15) is 5.56 Å². The van der Waals surface area contributed by atoms with Crippen LogP contribution >= 0.6 is 14.1 Å². The van der Waals surface area contributed by atoms with Crippen LogP contribution in [0.3, 0.4) is 0 Å². The smallest absolute Gasteiger partial charge is 0.417 e. The van der Waals surface area contributed by atoms with Gasteiger partial charge in [-0.05, 0) is 41.1 Å². The highest BCUT2D eigenvalue weighted by Gasteiger charge is 2.43. The Morgan fingerprint density at radius 2 is 1.50 bits per heavy atom. The average Bonchev–Trinajstić information content (AvgIpc) is 2.81. The van der Waals surface area contributed by atoms with Crippen LogP contribution in [0.15, 0.2) is 104 Å². The molecule has 2 unspecified atom stereocenters. The minimum absolute atomic E-state index is 0.223. The average molecular weight is 478 g/mol. The third-order valence-corrected chi connectivity index (χ3v) is 11.4. The van der Waals surface area contributed by atoms with E-state index < -0.39 is 14.1 Å². The molecule has 0 amide bonds. The number of rotatable bonds is 2. The lowest BCUT2D eigenvalue weighted by molar-refractivity contribution is 0.338. The van der Waals surface area contributed by atoms with Gasteiger partial charge in [0.25, 0.3) is 0 Å². The summed E-state index contributed by atoms with van der Waals surface area (Å²) in [6, 6.07) is 22.4. The van der Waals surface area contributed by atoms with Gasteiger partial charge in [0, 0.05) is 16.4 Å². The summed E-state index contributed by atoms with van der Waals surface area (Å²) in [5, 5.41) is 1.14. The van der Waals surface area contributed by atoms with Gasteiger partial charge in [0.1, 0.15) is 5.75 Å². The van der Waals surface area contributed by atoms with Crippen LogP contribution in [0.25, 0.3) is 16.7 Å². The van der Waals surface area contributed by atoms with Gasteiger partial charge in [-0.1, -0.05) is 85.5 Å². The molecular formula is C25H20O4P2S. The van der Waals surface area contributed by atoms with Gasteiger partial charge in [0.05, 0.1) is 11.9 Å². The Morgan fingerprint density at radius 3 is 2.31 bits per heavy atom. The number of allylic oxidation sites excluding steroid dienone is 4. The zero-order valence-corrected chi connectivity index (χ0v) is 19.7. The Kier molecular flexibility index (Phi) is 5.63. The fourth-order valence-electron chi connectivity index (χ4n) is 3.75. The molecule has 4 nitrogen and oxygen atoms in total. The van der Waals surface area contributed by atoms with Crippen molar-refractivity contribution >= 4 is 42.1 Å². The van der Waals surface area contributed by atoms with Crippen LogP contribution in [-0.4, -0.2) is 6.61 Å². The second kappa shape index (κ2) is 8.44. The van der Waals surface area contributed by atoms with E-state index in [1.807, 2.05) is 85.0 Å². The molecule has 5 rings (SSSR count). The summed E-state index contributed by atoms with van der Waals surface area (Å²) in [6.07, 6.45) is 7.51. The number of hydrogen-bond acceptors (Lipinski definition) is 5. The first-order chi connectivity index (χ1) is 15.5. The third-order valence-electron chi connectivity index (χ3n) is 5.24.